The van der Waals surface area contributed by atoms with Crippen LogP contribution in [0.25, 0.3) is 0 Å². The van der Waals surface area contributed by atoms with Gasteiger partial charge in [0.25, 0.3) is 0 Å². The van der Waals surface area contributed by atoms with Gasteiger partial charge in [0.05, 0.1) is 19.1 Å². The highest BCUT2D eigenvalue weighted by Gasteiger charge is 2.21. The van der Waals surface area contributed by atoms with E-state index in [9.17, 15) is 9.59 Å². The first-order chi connectivity index (χ1) is 10.8. The molecule has 0 spiro atoms. The van der Waals surface area contributed by atoms with Crippen molar-refractivity contribution in [3.63, 3.8) is 0 Å². The van der Waals surface area contributed by atoms with E-state index in [1.165, 1.54) is 18.4 Å². The van der Waals surface area contributed by atoms with Crippen LogP contribution in [0.1, 0.15) is 37.5 Å². The van der Waals surface area contributed by atoms with Gasteiger partial charge in [-0.15, -0.1) is 11.3 Å². The molecule has 5 heteroatoms. The van der Waals surface area contributed by atoms with Gasteiger partial charge in [0, 0.05) is 4.88 Å². The zero-order valence-electron chi connectivity index (χ0n) is 14.1. The largest absolute Gasteiger partial charge is 0.465 e. The molecular weight excluding hydrogens is 310 g/mol. The minimum atomic E-state index is -0.422. The molecule has 2 rings (SSSR count). The van der Waals surface area contributed by atoms with Gasteiger partial charge in [-0.2, -0.15) is 0 Å². The summed E-state index contributed by atoms with van der Waals surface area (Å²) in [4.78, 5) is 25.3. The molecule has 1 aromatic heterocycles. The second-order valence-corrected chi connectivity index (χ2v) is 6.86. The number of carbonyl (C=O) groups is 2. The van der Waals surface area contributed by atoms with Crippen LogP contribution in [0.4, 0.5) is 5.00 Å². The van der Waals surface area contributed by atoms with Crippen LogP contribution in [0.5, 0.6) is 0 Å². The Bertz CT molecular complexity index is 762. The number of ether oxygens (including phenoxy) is 1. The number of hydrogen-bond acceptors (Lipinski definition) is 4. The van der Waals surface area contributed by atoms with Crippen LogP contribution in [-0.2, 0) is 16.0 Å². The molecule has 0 unspecified atom stereocenters. The second kappa shape index (κ2) is 6.96. The highest BCUT2D eigenvalue weighted by Crippen LogP contribution is 2.33. The number of methoxy groups -OCH3 is 1. The molecule has 1 N–H and O–H groups in total. The van der Waals surface area contributed by atoms with Crippen molar-refractivity contribution in [1.29, 1.82) is 0 Å². The fourth-order valence-electron chi connectivity index (χ4n) is 2.40. The zero-order valence-corrected chi connectivity index (χ0v) is 14.9. The normalized spacial score (nSPS) is 10.5. The summed E-state index contributed by atoms with van der Waals surface area (Å²) < 4.78 is 4.82. The van der Waals surface area contributed by atoms with Gasteiger partial charge in [-0.1, -0.05) is 23.8 Å². The maximum atomic E-state index is 12.4. The Morgan fingerprint density at radius 2 is 1.87 bits per heavy atom. The van der Waals surface area contributed by atoms with Gasteiger partial charge in [-0.05, 0) is 44.4 Å². The third-order valence-electron chi connectivity index (χ3n) is 3.88. The van der Waals surface area contributed by atoms with Crippen LogP contribution in [0, 0.1) is 27.7 Å². The summed E-state index contributed by atoms with van der Waals surface area (Å²) in [6.07, 6.45) is 0.282. The number of hydrogen-bond donors (Lipinski definition) is 1. The Labute approximate surface area is 140 Å². The molecule has 2 aromatic rings. The number of nitrogens with one attached hydrogen (secondary N) is 1. The highest BCUT2D eigenvalue weighted by molar-refractivity contribution is 7.16. The lowest BCUT2D eigenvalue weighted by molar-refractivity contribution is -0.115. The molecule has 0 saturated heterocycles. The van der Waals surface area contributed by atoms with Crippen LogP contribution in [0.15, 0.2) is 18.2 Å². The molecule has 0 fully saturated rings. The standard InChI is InChI=1S/C18H21NO3S/c1-10-6-7-11(2)14(8-10)9-15(20)19-17-16(18(21)22-5)12(3)13(4)23-17/h6-8H,9H2,1-5H3,(H,19,20). The number of rotatable bonds is 4. The number of thiophene rings is 1. The fourth-order valence-corrected chi connectivity index (χ4v) is 3.46. The van der Waals surface area contributed by atoms with E-state index in [1.54, 1.807) is 0 Å². The average molecular weight is 331 g/mol. The van der Waals surface area contributed by atoms with Gasteiger partial charge in [-0.25, -0.2) is 4.79 Å². The Balaban J connectivity index is 2.22. The molecule has 4 nitrogen and oxygen atoms in total. The third-order valence-corrected chi connectivity index (χ3v) is 5.01. The summed E-state index contributed by atoms with van der Waals surface area (Å²) >= 11 is 1.40. The van der Waals surface area contributed by atoms with E-state index in [-0.39, 0.29) is 12.3 Å². The molecule has 1 aromatic carbocycles. The van der Waals surface area contributed by atoms with E-state index in [0.29, 0.717) is 10.6 Å². The van der Waals surface area contributed by atoms with Crippen molar-refractivity contribution >= 4 is 28.2 Å². The first-order valence-electron chi connectivity index (χ1n) is 7.37. The Hall–Kier alpha value is -2.14. The number of aryl methyl sites for hydroxylation is 3. The van der Waals surface area contributed by atoms with Gasteiger partial charge < -0.3 is 10.1 Å². The number of benzene rings is 1. The molecule has 122 valence electrons. The van der Waals surface area contributed by atoms with E-state index in [2.05, 4.69) is 5.32 Å². The van der Waals surface area contributed by atoms with Crippen molar-refractivity contribution in [1.82, 2.24) is 0 Å². The van der Waals surface area contributed by atoms with Crippen molar-refractivity contribution in [2.24, 2.45) is 0 Å². The third kappa shape index (κ3) is 3.79. The summed E-state index contributed by atoms with van der Waals surface area (Å²) in [5.41, 5.74) is 4.49. The lowest BCUT2D eigenvalue weighted by Crippen LogP contribution is -2.16. The second-order valence-electron chi connectivity index (χ2n) is 5.63. The molecule has 1 heterocycles. The summed E-state index contributed by atoms with van der Waals surface area (Å²) in [6, 6.07) is 6.05. The Kier molecular flexibility index (Phi) is 5.21. The van der Waals surface area contributed by atoms with Crippen LogP contribution < -0.4 is 5.32 Å². The number of amides is 1. The minimum Gasteiger partial charge on any atom is -0.465 e. The molecule has 0 bridgehead atoms. The van der Waals surface area contributed by atoms with Crippen LogP contribution in [-0.4, -0.2) is 19.0 Å². The quantitative estimate of drug-likeness (QED) is 0.863. The first-order valence-corrected chi connectivity index (χ1v) is 8.19. The van der Waals surface area contributed by atoms with Gasteiger partial charge in [0.15, 0.2) is 0 Å². The van der Waals surface area contributed by atoms with Crippen LogP contribution >= 0.6 is 11.3 Å². The van der Waals surface area contributed by atoms with Crippen molar-refractivity contribution in [3.8, 4) is 0 Å². The van der Waals surface area contributed by atoms with Gasteiger partial charge in [-0.3, -0.25) is 4.79 Å². The van der Waals surface area contributed by atoms with Crippen molar-refractivity contribution in [3.05, 3.63) is 50.9 Å². The maximum Gasteiger partial charge on any atom is 0.341 e. The zero-order chi connectivity index (χ0) is 17.1. The monoisotopic (exact) mass is 331 g/mol. The molecule has 0 radical (unpaired) electrons. The minimum absolute atomic E-state index is 0.134. The van der Waals surface area contributed by atoms with E-state index in [4.69, 9.17) is 4.74 Å². The Morgan fingerprint density at radius 1 is 1.17 bits per heavy atom. The van der Waals surface area contributed by atoms with Crippen LogP contribution in [0.3, 0.4) is 0 Å². The predicted octanol–water partition coefficient (Wildman–Crippen LogP) is 3.95. The van der Waals surface area contributed by atoms with Gasteiger partial charge >= 0.3 is 5.97 Å². The lowest BCUT2D eigenvalue weighted by atomic mass is 10.0. The van der Waals surface area contributed by atoms with Gasteiger partial charge in [0.2, 0.25) is 5.91 Å². The molecule has 0 atom stereocenters. The average Bonchev–Trinajstić information content (AvgIpc) is 2.76. The molecule has 0 aliphatic rings. The van der Waals surface area contributed by atoms with Crippen molar-refractivity contribution < 1.29 is 14.3 Å². The summed E-state index contributed by atoms with van der Waals surface area (Å²) in [7, 11) is 1.34. The predicted molar refractivity (Wildman–Crippen MR) is 93.4 cm³/mol. The van der Waals surface area contributed by atoms with Gasteiger partial charge in [0.1, 0.15) is 5.00 Å². The first kappa shape index (κ1) is 17.2. The number of esters is 1. The van der Waals surface area contributed by atoms with Crippen LogP contribution in [0.2, 0.25) is 0 Å². The Morgan fingerprint density at radius 3 is 2.52 bits per heavy atom. The molecule has 1 amide bonds. The topological polar surface area (TPSA) is 55.4 Å². The highest BCUT2D eigenvalue weighted by atomic mass is 32.1. The lowest BCUT2D eigenvalue weighted by Gasteiger charge is -2.09. The summed E-state index contributed by atoms with van der Waals surface area (Å²) in [6.45, 7) is 7.77. The smallest absolute Gasteiger partial charge is 0.341 e. The van der Waals surface area contributed by atoms with E-state index in [1.807, 2.05) is 45.9 Å². The maximum absolute atomic E-state index is 12.4. The molecule has 0 aliphatic heterocycles. The molecular formula is C18H21NO3S. The van der Waals surface area contributed by atoms with Crippen molar-refractivity contribution in [2.45, 2.75) is 34.1 Å². The summed E-state index contributed by atoms with van der Waals surface area (Å²) in [5, 5.41) is 3.42. The van der Waals surface area contributed by atoms with Crippen molar-refractivity contribution in [2.75, 3.05) is 12.4 Å². The van der Waals surface area contributed by atoms with E-state index >= 15 is 0 Å². The molecule has 0 saturated carbocycles. The number of anilines is 1. The van der Waals surface area contributed by atoms with E-state index in [0.717, 1.165) is 27.1 Å². The molecule has 0 aliphatic carbocycles. The van der Waals surface area contributed by atoms with E-state index < -0.39 is 5.97 Å². The SMILES string of the molecule is COC(=O)c1c(NC(=O)Cc2cc(C)ccc2C)sc(C)c1C. The molecule has 23 heavy (non-hydrogen) atoms. The fraction of sp³-hybridized carbons (Fsp3) is 0.333. The number of carbonyl (C=O) groups excluding carboxylic acids is 2. The summed E-state index contributed by atoms with van der Waals surface area (Å²) in [5.74, 6) is -0.556.